The molecule has 0 aromatic rings. The van der Waals surface area contributed by atoms with Gasteiger partial charge in [0.2, 0.25) is 0 Å². The zero-order valence-electron chi connectivity index (χ0n) is 9.31. The summed E-state index contributed by atoms with van der Waals surface area (Å²) in [4.78, 5) is 11.5. The number of halogens is 1. The topological polar surface area (TPSA) is 26.3 Å². The van der Waals surface area contributed by atoms with Crippen molar-refractivity contribution in [2.75, 3.05) is 7.11 Å². The predicted molar refractivity (Wildman–Crippen MR) is 64.7 cm³/mol. The Labute approximate surface area is 99.5 Å². The second kappa shape index (κ2) is 5.50. The van der Waals surface area contributed by atoms with Gasteiger partial charge in [0, 0.05) is 0 Å². The van der Waals surface area contributed by atoms with Gasteiger partial charge in [-0.1, -0.05) is 33.7 Å². The molecule has 0 heterocycles. The molecule has 0 spiro atoms. The zero-order chi connectivity index (χ0) is 11.4. The second-order valence-corrected chi connectivity index (χ2v) is 5.15. The summed E-state index contributed by atoms with van der Waals surface area (Å²) in [5.74, 6) is -0.230. The van der Waals surface area contributed by atoms with Crippen LogP contribution in [0.25, 0.3) is 0 Å². The lowest BCUT2D eigenvalue weighted by Gasteiger charge is -2.14. The van der Waals surface area contributed by atoms with Crippen molar-refractivity contribution < 1.29 is 9.53 Å². The minimum Gasteiger partial charge on any atom is -0.469 e. The van der Waals surface area contributed by atoms with E-state index in [4.69, 9.17) is 4.74 Å². The summed E-state index contributed by atoms with van der Waals surface area (Å²) in [6.45, 7) is 5.88. The summed E-state index contributed by atoms with van der Waals surface area (Å²) in [7, 11) is 1.44. The van der Waals surface area contributed by atoms with Crippen LogP contribution in [0, 0.1) is 5.92 Å². The number of carbonyl (C=O) groups is 1. The molecule has 1 rings (SSSR count). The first-order chi connectivity index (χ1) is 7.04. The molecule has 0 N–H and O–H groups in total. The molecule has 0 saturated heterocycles. The van der Waals surface area contributed by atoms with Gasteiger partial charge >= 0.3 is 5.97 Å². The van der Waals surface area contributed by atoms with E-state index >= 15 is 0 Å². The molecule has 84 valence electrons. The summed E-state index contributed by atoms with van der Waals surface area (Å²) >= 11 is 3.30. The molecule has 1 aliphatic carbocycles. The highest BCUT2D eigenvalue weighted by Crippen LogP contribution is 2.35. The van der Waals surface area contributed by atoms with Crippen LogP contribution < -0.4 is 0 Å². The Kier molecular flexibility index (Phi) is 4.58. The number of hydrogen-bond acceptors (Lipinski definition) is 2. The molecular formula is C12H17BrO2. The van der Waals surface area contributed by atoms with E-state index in [1.165, 1.54) is 31.1 Å². The van der Waals surface area contributed by atoms with E-state index in [1.807, 2.05) is 0 Å². The van der Waals surface area contributed by atoms with Crippen LogP contribution in [-0.2, 0) is 9.53 Å². The number of esters is 1. The Bertz CT molecular complexity index is 299. The summed E-state index contributed by atoms with van der Waals surface area (Å²) in [5.41, 5.74) is 2.85. The molecule has 1 aliphatic rings. The van der Waals surface area contributed by atoms with Crippen molar-refractivity contribution in [2.24, 2.45) is 5.92 Å². The normalized spacial score (nSPS) is 15.8. The largest absolute Gasteiger partial charge is 0.469 e. The molecule has 0 aromatic carbocycles. The molecule has 2 nitrogen and oxygen atoms in total. The first kappa shape index (κ1) is 12.5. The maximum absolute atomic E-state index is 11.5. The van der Waals surface area contributed by atoms with Crippen molar-refractivity contribution in [3.05, 3.63) is 22.2 Å². The van der Waals surface area contributed by atoms with Crippen molar-refractivity contribution in [3.8, 4) is 0 Å². The molecule has 1 atom stereocenters. The molecule has 15 heavy (non-hydrogen) atoms. The summed E-state index contributed by atoms with van der Waals surface area (Å²) < 4.78 is 5.64. The molecule has 0 aliphatic heterocycles. The van der Waals surface area contributed by atoms with Crippen molar-refractivity contribution in [1.82, 2.24) is 0 Å². The highest BCUT2D eigenvalue weighted by Gasteiger charge is 2.23. The van der Waals surface area contributed by atoms with Crippen LogP contribution in [0.5, 0.6) is 0 Å². The molecule has 0 amide bonds. The second-order valence-electron chi connectivity index (χ2n) is 4.03. The van der Waals surface area contributed by atoms with Gasteiger partial charge in [-0.25, -0.2) is 0 Å². The highest BCUT2D eigenvalue weighted by atomic mass is 79.9. The lowest BCUT2D eigenvalue weighted by Crippen LogP contribution is -2.16. The van der Waals surface area contributed by atoms with Crippen LogP contribution in [0.2, 0.25) is 0 Å². The Morgan fingerprint density at radius 1 is 1.53 bits per heavy atom. The molecule has 1 saturated carbocycles. The van der Waals surface area contributed by atoms with Crippen LogP contribution in [0.4, 0.5) is 0 Å². The third kappa shape index (κ3) is 4.20. The molecule has 1 fully saturated rings. The van der Waals surface area contributed by atoms with Crippen LogP contribution in [0.15, 0.2) is 22.2 Å². The van der Waals surface area contributed by atoms with Crippen molar-refractivity contribution in [3.63, 3.8) is 0 Å². The number of carbonyl (C=O) groups excluding carboxylic acids is 1. The van der Waals surface area contributed by atoms with Gasteiger partial charge in [-0.05, 0) is 37.1 Å². The van der Waals surface area contributed by atoms with Gasteiger partial charge in [0.15, 0.2) is 0 Å². The molecule has 0 aromatic heterocycles. The van der Waals surface area contributed by atoms with Gasteiger partial charge in [0.05, 0.1) is 13.0 Å². The maximum atomic E-state index is 11.5. The molecule has 0 radical (unpaired) electrons. The van der Waals surface area contributed by atoms with Gasteiger partial charge in [-0.2, -0.15) is 0 Å². The van der Waals surface area contributed by atoms with E-state index in [9.17, 15) is 4.79 Å². The molecule has 1 unspecified atom stereocenters. The number of methoxy groups -OCH3 is 1. The minimum absolute atomic E-state index is 0.0880. The van der Waals surface area contributed by atoms with Gasteiger partial charge in [-0.3, -0.25) is 4.79 Å². The number of rotatable bonds is 5. The Morgan fingerprint density at radius 3 is 2.53 bits per heavy atom. The van der Waals surface area contributed by atoms with E-state index in [1.54, 1.807) is 0 Å². The first-order valence-corrected chi connectivity index (χ1v) is 5.92. The third-order valence-corrected chi connectivity index (χ3v) is 2.98. The van der Waals surface area contributed by atoms with Crippen molar-refractivity contribution >= 4 is 21.9 Å². The Morgan fingerprint density at radius 2 is 2.13 bits per heavy atom. The Balaban J connectivity index is 2.59. The van der Waals surface area contributed by atoms with Crippen LogP contribution in [0.1, 0.15) is 32.6 Å². The summed E-state index contributed by atoms with van der Waals surface area (Å²) in [6, 6.07) is 0. The molecule has 3 heteroatoms. The molecular weight excluding hydrogens is 256 g/mol. The first-order valence-electron chi connectivity index (χ1n) is 5.13. The van der Waals surface area contributed by atoms with E-state index in [-0.39, 0.29) is 11.9 Å². The third-order valence-electron chi connectivity index (χ3n) is 2.66. The SMILES string of the molecule is C=C(Br)CC(CC(C)=C1CC1)C(=O)OC. The number of ether oxygens (including phenoxy) is 1. The van der Waals surface area contributed by atoms with Crippen LogP contribution in [0.3, 0.4) is 0 Å². The van der Waals surface area contributed by atoms with Crippen molar-refractivity contribution in [1.29, 1.82) is 0 Å². The van der Waals surface area contributed by atoms with Gasteiger partial charge in [-0.15, -0.1) is 0 Å². The fourth-order valence-corrected chi connectivity index (χ4v) is 2.07. The predicted octanol–water partition coefficient (Wildman–Crippen LogP) is 3.57. The quantitative estimate of drug-likeness (QED) is 0.565. The molecule has 0 bridgehead atoms. The van der Waals surface area contributed by atoms with Gasteiger partial charge < -0.3 is 4.74 Å². The maximum Gasteiger partial charge on any atom is 0.309 e. The summed E-state index contributed by atoms with van der Waals surface area (Å²) in [6.07, 6.45) is 3.86. The Hall–Kier alpha value is -0.570. The van der Waals surface area contributed by atoms with Gasteiger partial charge in [0.1, 0.15) is 0 Å². The fourth-order valence-electron chi connectivity index (χ4n) is 1.68. The number of allylic oxidation sites excluding steroid dienone is 3. The monoisotopic (exact) mass is 272 g/mol. The average Bonchev–Trinajstić information content (AvgIpc) is 2.97. The van der Waals surface area contributed by atoms with Crippen LogP contribution >= 0.6 is 15.9 Å². The average molecular weight is 273 g/mol. The van der Waals surface area contributed by atoms with Gasteiger partial charge in [0.25, 0.3) is 0 Å². The van der Waals surface area contributed by atoms with Crippen LogP contribution in [-0.4, -0.2) is 13.1 Å². The zero-order valence-corrected chi connectivity index (χ0v) is 10.9. The highest BCUT2D eigenvalue weighted by molar-refractivity contribution is 9.11. The summed E-state index contributed by atoms with van der Waals surface area (Å²) in [5, 5.41) is 0. The van der Waals surface area contributed by atoms with E-state index in [0.29, 0.717) is 6.42 Å². The van der Waals surface area contributed by atoms with Crippen molar-refractivity contribution in [2.45, 2.75) is 32.6 Å². The lowest BCUT2D eigenvalue weighted by molar-refractivity contribution is -0.145. The van der Waals surface area contributed by atoms with E-state index in [2.05, 4.69) is 29.4 Å². The fraction of sp³-hybridized carbons (Fsp3) is 0.583. The smallest absolute Gasteiger partial charge is 0.309 e. The van der Waals surface area contributed by atoms with E-state index in [0.717, 1.165) is 10.9 Å². The minimum atomic E-state index is -0.142. The lowest BCUT2D eigenvalue weighted by atomic mass is 9.96. The van der Waals surface area contributed by atoms with E-state index < -0.39 is 0 Å². The number of hydrogen-bond donors (Lipinski definition) is 0. The standard InChI is InChI=1S/C12H17BrO2/c1-8(10-4-5-10)6-11(7-9(2)13)12(14)15-3/h11H,2,4-7H2,1,3H3.